The second-order valence-corrected chi connectivity index (χ2v) is 5.71. The summed E-state index contributed by atoms with van der Waals surface area (Å²) >= 11 is 0. The van der Waals surface area contributed by atoms with Gasteiger partial charge in [0, 0.05) is 11.3 Å². The molecule has 0 saturated carbocycles. The highest BCUT2D eigenvalue weighted by atomic mass is 16.2. The van der Waals surface area contributed by atoms with Gasteiger partial charge in [-0.25, -0.2) is 0 Å². The molecule has 0 aliphatic carbocycles. The molecule has 3 N–H and O–H groups in total. The molecule has 0 aliphatic rings. The molecule has 0 unspecified atom stereocenters. The Labute approximate surface area is 146 Å². The molecule has 124 valence electrons. The van der Waals surface area contributed by atoms with Crippen molar-refractivity contribution in [1.29, 1.82) is 0 Å². The Bertz CT molecular complexity index is 887. The van der Waals surface area contributed by atoms with Crippen molar-refractivity contribution < 1.29 is 9.59 Å². The smallest absolute Gasteiger partial charge is 0.256 e. The number of carbonyl (C=O) groups excluding carboxylic acids is 2. The van der Waals surface area contributed by atoms with E-state index in [0.717, 1.165) is 16.7 Å². The second kappa shape index (κ2) is 7.45. The van der Waals surface area contributed by atoms with Gasteiger partial charge in [-0.3, -0.25) is 9.59 Å². The highest BCUT2D eigenvalue weighted by Gasteiger charge is 2.12. The minimum atomic E-state index is -0.381. The third kappa shape index (κ3) is 4.12. The average molecular weight is 330 g/mol. The van der Waals surface area contributed by atoms with E-state index >= 15 is 0 Å². The minimum Gasteiger partial charge on any atom is -0.369 e. The Morgan fingerprint density at radius 3 is 2.12 bits per heavy atom. The van der Waals surface area contributed by atoms with Gasteiger partial charge in [0.05, 0.1) is 6.42 Å². The van der Waals surface area contributed by atoms with E-state index in [1.165, 1.54) is 0 Å². The first-order valence-electron chi connectivity index (χ1n) is 7.96. The van der Waals surface area contributed by atoms with Crippen LogP contribution >= 0.6 is 0 Å². The van der Waals surface area contributed by atoms with Gasteiger partial charge in [0.2, 0.25) is 5.91 Å². The molecule has 0 atom stereocenters. The van der Waals surface area contributed by atoms with Crippen molar-refractivity contribution in [3.8, 4) is 11.1 Å². The molecule has 25 heavy (non-hydrogen) atoms. The zero-order chi connectivity index (χ0) is 17.6. The zero-order valence-corrected chi connectivity index (χ0v) is 13.6. The lowest BCUT2D eigenvalue weighted by molar-refractivity contribution is -0.117. The first-order valence-corrected chi connectivity index (χ1v) is 7.96. The second-order valence-electron chi connectivity index (χ2n) is 5.71. The molecule has 0 heterocycles. The monoisotopic (exact) mass is 330 g/mol. The van der Waals surface area contributed by atoms with E-state index in [1.54, 1.807) is 30.3 Å². The number of hydrogen-bond donors (Lipinski definition) is 2. The molecule has 0 spiro atoms. The maximum absolute atomic E-state index is 12.7. The lowest BCUT2D eigenvalue weighted by Gasteiger charge is -2.11. The summed E-state index contributed by atoms with van der Waals surface area (Å²) in [5, 5.41) is 2.89. The Balaban J connectivity index is 1.81. The van der Waals surface area contributed by atoms with E-state index < -0.39 is 0 Å². The molecule has 0 saturated heterocycles. The molecular formula is C21H18N2O2. The molecular weight excluding hydrogens is 312 g/mol. The number of hydrogen-bond acceptors (Lipinski definition) is 2. The fourth-order valence-electron chi connectivity index (χ4n) is 2.66. The molecule has 0 bridgehead atoms. The van der Waals surface area contributed by atoms with Gasteiger partial charge in [-0.2, -0.15) is 0 Å². The molecule has 0 aliphatic heterocycles. The van der Waals surface area contributed by atoms with Crippen molar-refractivity contribution in [1.82, 2.24) is 0 Å². The van der Waals surface area contributed by atoms with Gasteiger partial charge in [0.15, 0.2) is 0 Å². The van der Waals surface area contributed by atoms with E-state index in [-0.39, 0.29) is 18.2 Å². The molecule has 3 aromatic carbocycles. The van der Waals surface area contributed by atoms with Crippen LogP contribution in [0.25, 0.3) is 11.1 Å². The van der Waals surface area contributed by atoms with Gasteiger partial charge in [0.25, 0.3) is 5.91 Å². The average Bonchev–Trinajstić information content (AvgIpc) is 2.63. The maximum Gasteiger partial charge on any atom is 0.256 e. The number of primary amides is 1. The van der Waals surface area contributed by atoms with Crippen LogP contribution in [-0.4, -0.2) is 11.8 Å². The topological polar surface area (TPSA) is 72.2 Å². The first-order chi connectivity index (χ1) is 12.1. The third-order valence-electron chi connectivity index (χ3n) is 3.85. The van der Waals surface area contributed by atoms with Crippen molar-refractivity contribution in [3.05, 3.63) is 90.0 Å². The normalized spacial score (nSPS) is 10.2. The van der Waals surface area contributed by atoms with Gasteiger partial charge >= 0.3 is 0 Å². The van der Waals surface area contributed by atoms with Crippen LogP contribution in [0.1, 0.15) is 15.9 Å². The summed E-state index contributed by atoms with van der Waals surface area (Å²) < 4.78 is 0. The first kappa shape index (κ1) is 16.5. The highest BCUT2D eigenvalue weighted by molar-refractivity contribution is 6.08. The van der Waals surface area contributed by atoms with Crippen LogP contribution in [0.3, 0.4) is 0 Å². The van der Waals surface area contributed by atoms with Crippen LogP contribution < -0.4 is 11.1 Å². The van der Waals surface area contributed by atoms with Crippen LogP contribution in [0, 0.1) is 0 Å². The number of anilines is 1. The number of amides is 2. The maximum atomic E-state index is 12.7. The van der Waals surface area contributed by atoms with Crippen molar-refractivity contribution in [2.75, 3.05) is 5.32 Å². The summed E-state index contributed by atoms with van der Waals surface area (Å²) in [6.45, 7) is 0. The Hall–Kier alpha value is -3.40. The van der Waals surface area contributed by atoms with Crippen LogP contribution in [0.2, 0.25) is 0 Å². The Kier molecular flexibility index (Phi) is 4.90. The summed E-state index contributed by atoms with van der Waals surface area (Å²) in [6.07, 6.45) is 0.186. The van der Waals surface area contributed by atoms with E-state index in [1.807, 2.05) is 48.5 Å². The number of benzene rings is 3. The molecule has 2 amide bonds. The van der Waals surface area contributed by atoms with Crippen molar-refractivity contribution in [2.45, 2.75) is 6.42 Å². The molecule has 4 heteroatoms. The van der Waals surface area contributed by atoms with Crippen molar-refractivity contribution >= 4 is 17.5 Å². The summed E-state index contributed by atoms with van der Waals surface area (Å²) in [6, 6.07) is 24.4. The Morgan fingerprint density at radius 2 is 1.44 bits per heavy atom. The van der Waals surface area contributed by atoms with Crippen molar-refractivity contribution in [3.63, 3.8) is 0 Å². The van der Waals surface area contributed by atoms with E-state index in [9.17, 15) is 9.59 Å². The largest absolute Gasteiger partial charge is 0.369 e. The van der Waals surface area contributed by atoms with Crippen LogP contribution in [-0.2, 0) is 11.2 Å². The van der Waals surface area contributed by atoms with Crippen LogP contribution in [0.4, 0.5) is 5.69 Å². The lowest BCUT2D eigenvalue weighted by atomic mass is 9.99. The predicted octanol–water partition coefficient (Wildman–Crippen LogP) is 3.63. The number of carbonyl (C=O) groups is 2. The molecule has 3 rings (SSSR count). The summed E-state index contributed by atoms with van der Waals surface area (Å²) in [5.74, 6) is -0.560. The minimum absolute atomic E-state index is 0.179. The van der Waals surface area contributed by atoms with Crippen molar-refractivity contribution in [2.24, 2.45) is 5.73 Å². The summed E-state index contributed by atoms with van der Waals surface area (Å²) in [4.78, 5) is 23.6. The van der Waals surface area contributed by atoms with Crippen LogP contribution in [0.15, 0.2) is 78.9 Å². The zero-order valence-electron chi connectivity index (χ0n) is 13.6. The Morgan fingerprint density at radius 1 is 0.800 bits per heavy atom. The third-order valence-corrected chi connectivity index (χ3v) is 3.85. The van der Waals surface area contributed by atoms with Gasteiger partial charge in [0.1, 0.15) is 0 Å². The van der Waals surface area contributed by atoms with Crippen LogP contribution in [0.5, 0.6) is 0 Å². The van der Waals surface area contributed by atoms with Gasteiger partial charge in [-0.1, -0.05) is 60.7 Å². The van der Waals surface area contributed by atoms with Gasteiger partial charge < -0.3 is 11.1 Å². The summed E-state index contributed by atoms with van der Waals surface area (Å²) in [5.41, 5.74) is 9.14. The fraction of sp³-hybridized carbons (Fsp3) is 0.0476. The summed E-state index contributed by atoms with van der Waals surface area (Å²) in [7, 11) is 0. The quantitative estimate of drug-likeness (QED) is 0.750. The van der Waals surface area contributed by atoms with Gasteiger partial charge in [-0.05, 0) is 34.9 Å². The molecule has 0 radical (unpaired) electrons. The highest BCUT2D eigenvalue weighted by Crippen LogP contribution is 2.24. The number of rotatable bonds is 5. The number of nitrogens with one attached hydrogen (secondary N) is 1. The fourth-order valence-corrected chi connectivity index (χ4v) is 2.66. The standard InChI is InChI=1S/C21H18N2O2/c22-20(24)14-15-10-12-17(13-11-15)23-21(25)19-9-5-4-8-18(19)16-6-2-1-3-7-16/h1-13H,14H2,(H2,22,24)(H,23,25). The van der Waals surface area contributed by atoms with E-state index in [4.69, 9.17) is 5.73 Å². The molecule has 0 aromatic heterocycles. The SMILES string of the molecule is NC(=O)Cc1ccc(NC(=O)c2ccccc2-c2ccccc2)cc1. The van der Waals surface area contributed by atoms with Gasteiger partial charge in [-0.15, -0.1) is 0 Å². The van der Waals surface area contributed by atoms with E-state index in [0.29, 0.717) is 11.3 Å². The van der Waals surface area contributed by atoms with E-state index in [2.05, 4.69) is 5.32 Å². The molecule has 3 aromatic rings. The number of nitrogens with two attached hydrogens (primary N) is 1. The molecule has 4 nitrogen and oxygen atoms in total. The molecule has 0 fully saturated rings. The predicted molar refractivity (Wildman–Crippen MR) is 99.2 cm³/mol. The lowest BCUT2D eigenvalue weighted by Crippen LogP contribution is -2.14.